The topological polar surface area (TPSA) is 6.25 Å². The Labute approximate surface area is 208 Å². The van der Waals surface area contributed by atoms with E-state index in [4.69, 9.17) is 0 Å². The van der Waals surface area contributed by atoms with Gasteiger partial charge in [0.15, 0.2) is 5.71 Å². The van der Waals surface area contributed by atoms with E-state index < -0.39 is 0 Å². The van der Waals surface area contributed by atoms with Crippen molar-refractivity contribution >= 4 is 38.6 Å². The number of hydrogen-bond donors (Lipinski definition) is 0. The molecule has 35 heavy (non-hydrogen) atoms. The second kappa shape index (κ2) is 7.44. The normalized spacial score (nSPS) is 17.7. The van der Waals surface area contributed by atoms with Gasteiger partial charge in [-0.15, -0.1) is 5.73 Å². The minimum atomic E-state index is -0.109. The molecular weight excluding hydrogens is 424 g/mol. The summed E-state index contributed by atoms with van der Waals surface area (Å²) in [5.74, 6) is 0. The number of benzene rings is 4. The largest absolute Gasteiger partial charge is 0.341 e. The number of likely N-dealkylation sites (N-methyl/N-ethyl adjacent to an activating group) is 1. The maximum atomic E-state index is 3.75. The minimum Gasteiger partial charge on any atom is -0.341 e. The first-order valence-corrected chi connectivity index (χ1v) is 12.6. The third-order valence-corrected chi connectivity index (χ3v) is 8.37. The predicted octanol–water partition coefficient (Wildman–Crippen LogP) is 7.86. The Balaban J connectivity index is 1.42. The summed E-state index contributed by atoms with van der Waals surface area (Å²) >= 11 is 0. The van der Waals surface area contributed by atoms with Gasteiger partial charge in [0.1, 0.15) is 7.05 Å². The van der Waals surface area contributed by atoms with E-state index in [0.29, 0.717) is 0 Å². The first kappa shape index (κ1) is 21.9. The van der Waals surface area contributed by atoms with Gasteiger partial charge < -0.3 is 4.90 Å². The lowest BCUT2D eigenvalue weighted by Crippen LogP contribution is -2.28. The molecule has 6 rings (SSSR count). The second-order valence-corrected chi connectivity index (χ2v) is 11.1. The monoisotopic (exact) mass is 457 g/mol. The SMILES string of the molecule is CN1C(=C=CCC2=[N+](C)c3ccc4ccccc4c3C2(C)C)C(C)(C)c2c1ccc1ccccc21. The van der Waals surface area contributed by atoms with E-state index in [2.05, 4.69) is 136 Å². The summed E-state index contributed by atoms with van der Waals surface area (Å²) in [5, 5.41) is 5.31. The highest BCUT2D eigenvalue weighted by atomic mass is 15.2. The molecule has 2 aliphatic heterocycles. The van der Waals surface area contributed by atoms with Crippen molar-refractivity contribution in [3.05, 3.63) is 101 Å². The molecule has 0 radical (unpaired) electrons. The third kappa shape index (κ3) is 3.00. The summed E-state index contributed by atoms with van der Waals surface area (Å²) in [6, 6.07) is 26.5. The molecule has 0 atom stereocenters. The fourth-order valence-electron chi connectivity index (χ4n) is 6.67. The summed E-state index contributed by atoms with van der Waals surface area (Å²) in [4.78, 5) is 2.33. The van der Waals surface area contributed by atoms with E-state index >= 15 is 0 Å². The Morgan fingerprint density at radius 1 is 0.771 bits per heavy atom. The lowest BCUT2D eigenvalue weighted by molar-refractivity contribution is -0.403. The van der Waals surface area contributed by atoms with Gasteiger partial charge in [-0.25, -0.2) is 4.58 Å². The summed E-state index contributed by atoms with van der Waals surface area (Å²) in [6.07, 6.45) is 3.13. The number of nitrogens with zero attached hydrogens (tertiary/aromatic N) is 2. The van der Waals surface area contributed by atoms with Crippen LogP contribution >= 0.6 is 0 Å². The Morgan fingerprint density at radius 3 is 2.06 bits per heavy atom. The lowest BCUT2D eigenvalue weighted by Gasteiger charge is -2.22. The number of allylic oxidation sites excluding steroid dienone is 1. The number of hydrogen-bond acceptors (Lipinski definition) is 1. The zero-order valence-corrected chi connectivity index (χ0v) is 21.6. The van der Waals surface area contributed by atoms with Crippen molar-refractivity contribution in [2.45, 2.75) is 44.9 Å². The summed E-state index contributed by atoms with van der Waals surface area (Å²) < 4.78 is 2.40. The van der Waals surface area contributed by atoms with Crippen LogP contribution in [0.3, 0.4) is 0 Å². The van der Waals surface area contributed by atoms with Gasteiger partial charge in [-0.3, -0.25) is 0 Å². The van der Waals surface area contributed by atoms with Crippen LogP contribution in [0.5, 0.6) is 0 Å². The number of anilines is 1. The van der Waals surface area contributed by atoms with Gasteiger partial charge in [0.25, 0.3) is 0 Å². The Kier molecular flexibility index (Phi) is 4.66. The number of rotatable bonds is 2. The zero-order valence-electron chi connectivity index (χ0n) is 21.6. The molecule has 174 valence electrons. The lowest BCUT2D eigenvalue weighted by atomic mass is 9.78. The van der Waals surface area contributed by atoms with Crippen molar-refractivity contribution in [2.24, 2.45) is 0 Å². The van der Waals surface area contributed by atoms with Gasteiger partial charge in [0.05, 0.1) is 17.5 Å². The molecule has 0 unspecified atom stereocenters. The number of fused-ring (bicyclic) bond motifs is 6. The maximum absolute atomic E-state index is 3.75. The fraction of sp³-hybridized carbons (Fsp3) is 0.273. The molecule has 0 aromatic heterocycles. The Bertz CT molecular complexity index is 1620. The maximum Gasteiger partial charge on any atom is 0.209 e. The van der Waals surface area contributed by atoms with Gasteiger partial charge >= 0.3 is 0 Å². The Morgan fingerprint density at radius 2 is 1.37 bits per heavy atom. The van der Waals surface area contributed by atoms with Crippen LogP contribution in [0.15, 0.2) is 90.3 Å². The fourth-order valence-corrected chi connectivity index (χ4v) is 6.67. The Hall–Kier alpha value is -3.61. The van der Waals surface area contributed by atoms with E-state index in [0.717, 1.165) is 6.42 Å². The van der Waals surface area contributed by atoms with Gasteiger partial charge in [0, 0.05) is 29.8 Å². The standard InChI is InChI=1S/C33H33N2/c1-32(2)28(34(5)26-20-18-22-12-7-9-14-24(22)30(26)32)16-11-17-29-33(3,4)31-25-15-10-8-13-23(25)19-21-27(31)35(29)6/h7-15,18-21H,16H2,1-6H3/q+1. The summed E-state index contributed by atoms with van der Waals surface area (Å²) in [7, 11) is 4.39. The third-order valence-electron chi connectivity index (χ3n) is 8.37. The molecule has 0 fully saturated rings. The zero-order chi connectivity index (χ0) is 24.5. The molecule has 4 aromatic rings. The van der Waals surface area contributed by atoms with Crippen LogP contribution in [0.2, 0.25) is 0 Å². The van der Waals surface area contributed by atoms with Crippen LogP contribution in [-0.2, 0) is 10.8 Å². The van der Waals surface area contributed by atoms with Crippen LogP contribution in [-0.4, -0.2) is 24.4 Å². The van der Waals surface area contributed by atoms with Crippen molar-refractivity contribution in [1.82, 2.24) is 0 Å². The molecular formula is C33H33N2+. The highest BCUT2D eigenvalue weighted by Crippen LogP contribution is 2.49. The van der Waals surface area contributed by atoms with E-state index in [9.17, 15) is 0 Å². The van der Waals surface area contributed by atoms with Crippen molar-refractivity contribution < 1.29 is 4.58 Å². The van der Waals surface area contributed by atoms with Crippen LogP contribution < -0.4 is 4.90 Å². The van der Waals surface area contributed by atoms with E-state index in [1.54, 1.807) is 0 Å². The first-order chi connectivity index (χ1) is 16.7. The van der Waals surface area contributed by atoms with Crippen molar-refractivity contribution in [3.8, 4) is 0 Å². The molecule has 4 aromatic carbocycles. The highest BCUT2D eigenvalue weighted by Gasteiger charge is 2.45. The molecule has 0 saturated carbocycles. The molecule has 0 bridgehead atoms. The van der Waals surface area contributed by atoms with Gasteiger partial charge in [-0.1, -0.05) is 54.6 Å². The van der Waals surface area contributed by atoms with E-state index in [1.165, 1.54) is 55.5 Å². The van der Waals surface area contributed by atoms with Crippen LogP contribution in [0, 0.1) is 0 Å². The predicted molar refractivity (Wildman–Crippen MR) is 149 cm³/mol. The smallest absolute Gasteiger partial charge is 0.209 e. The molecule has 2 aliphatic rings. The molecule has 0 N–H and O–H groups in total. The summed E-state index contributed by atoms with van der Waals surface area (Å²) in [6.45, 7) is 9.40. The first-order valence-electron chi connectivity index (χ1n) is 12.6. The van der Waals surface area contributed by atoms with Gasteiger partial charge in [-0.05, 0) is 73.0 Å². The van der Waals surface area contributed by atoms with E-state index in [-0.39, 0.29) is 10.8 Å². The minimum absolute atomic E-state index is 0.0376. The van der Waals surface area contributed by atoms with E-state index in [1.807, 2.05) is 0 Å². The summed E-state index contributed by atoms with van der Waals surface area (Å²) in [5.41, 5.74) is 11.7. The molecule has 2 heteroatoms. The molecule has 0 amide bonds. The molecule has 0 aliphatic carbocycles. The van der Waals surface area contributed by atoms with Gasteiger partial charge in [-0.2, -0.15) is 0 Å². The van der Waals surface area contributed by atoms with Crippen molar-refractivity contribution in [1.29, 1.82) is 0 Å². The average molecular weight is 458 g/mol. The molecule has 2 nitrogen and oxygen atoms in total. The quantitative estimate of drug-likeness (QED) is 0.219. The van der Waals surface area contributed by atoms with Crippen molar-refractivity contribution in [2.75, 3.05) is 19.0 Å². The second-order valence-electron chi connectivity index (χ2n) is 11.1. The van der Waals surface area contributed by atoms with Crippen molar-refractivity contribution in [3.63, 3.8) is 0 Å². The van der Waals surface area contributed by atoms with Crippen LogP contribution in [0.4, 0.5) is 11.4 Å². The highest BCUT2D eigenvalue weighted by molar-refractivity contribution is 6.03. The molecule has 2 heterocycles. The van der Waals surface area contributed by atoms with Gasteiger partial charge in [0.2, 0.25) is 5.69 Å². The van der Waals surface area contributed by atoms with Crippen LogP contribution in [0.1, 0.15) is 45.2 Å². The molecule has 0 spiro atoms. The average Bonchev–Trinajstić information content (AvgIpc) is 3.17. The molecule has 0 saturated heterocycles. The van der Waals surface area contributed by atoms with Crippen LogP contribution in [0.25, 0.3) is 21.5 Å².